The van der Waals surface area contributed by atoms with Crippen molar-refractivity contribution in [3.05, 3.63) is 0 Å². The average Bonchev–Trinajstić information content (AvgIpc) is 2.62. The molecule has 1 saturated carbocycles. The summed E-state index contributed by atoms with van der Waals surface area (Å²) >= 11 is 0. The molecule has 146 valence electrons. The Labute approximate surface area is 153 Å². The van der Waals surface area contributed by atoms with Crippen molar-refractivity contribution >= 4 is 12.1 Å². The lowest BCUT2D eigenvalue weighted by atomic mass is 9.84. The summed E-state index contributed by atoms with van der Waals surface area (Å²) in [5, 5.41) is 2.73. The molecule has 1 N–H and O–H groups in total. The molecule has 1 amide bonds. The molecular weight excluding hydrogens is 318 g/mol. The van der Waals surface area contributed by atoms with E-state index in [0.29, 0.717) is 13.2 Å². The van der Waals surface area contributed by atoms with Crippen LogP contribution in [0.25, 0.3) is 0 Å². The Bertz CT molecular complexity index is 367. The number of amides is 1. The minimum atomic E-state index is -0.566. The van der Waals surface area contributed by atoms with Crippen LogP contribution < -0.4 is 5.32 Å². The van der Waals surface area contributed by atoms with Gasteiger partial charge in [0.1, 0.15) is 6.04 Å². The van der Waals surface area contributed by atoms with E-state index in [2.05, 4.69) is 12.2 Å². The second-order valence-corrected chi connectivity index (χ2v) is 7.03. The van der Waals surface area contributed by atoms with Gasteiger partial charge < -0.3 is 14.8 Å². The van der Waals surface area contributed by atoms with Crippen molar-refractivity contribution in [1.29, 1.82) is 0 Å². The van der Waals surface area contributed by atoms with E-state index < -0.39 is 12.1 Å². The largest absolute Gasteiger partial charge is 0.464 e. The fourth-order valence-corrected chi connectivity index (χ4v) is 3.46. The zero-order chi connectivity index (χ0) is 18.3. The van der Waals surface area contributed by atoms with Gasteiger partial charge in [-0.1, -0.05) is 64.7 Å². The summed E-state index contributed by atoms with van der Waals surface area (Å²) in [7, 11) is 0. The molecule has 0 bridgehead atoms. The molecule has 0 radical (unpaired) electrons. The lowest BCUT2D eigenvalue weighted by Crippen LogP contribution is -2.47. The maximum absolute atomic E-state index is 12.5. The van der Waals surface area contributed by atoms with E-state index in [4.69, 9.17) is 9.47 Å². The first kappa shape index (κ1) is 21.8. The number of carbonyl (C=O) groups is 2. The third-order valence-corrected chi connectivity index (χ3v) is 4.92. The number of esters is 1. The molecule has 0 aromatic heterocycles. The average molecular weight is 356 g/mol. The van der Waals surface area contributed by atoms with Crippen LogP contribution in [0.3, 0.4) is 0 Å². The number of carbonyl (C=O) groups excluding carboxylic acids is 2. The molecule has 25 heavy (non-hydrogen) atoms. The maximum Gasteiger partial charge on any atom is 0.407 e. The van der Waals surface area contributed by atoms with Gasteiger partial charge in [-0.3, -0.25) is 0 Å². The Kier molecular flexibility index (Phi) is 12.2. The van der Waals surface area contributed by atoms with Gasteiger partial charge in [0.2, 0.25) is 0 Å². The van der Waals surface area contributed by atoms with E-state index in [1.807, 2.05) is 0 Å². The van der Waals surface area contributed by atoms with Gasteiger partial charge in [-0.15, -0.1) is 0 Å². The highest BCUT2D eigenvalue weighted by atomic mass is 16.6. The molecule has 1 fully saturated rings. The van der Waals surface area contributed by atoms with Crippen molar-refractivity contribution in [2.45, 2.75) is 96.9 Å². The van der Waals surface area contributed by atoms with E-state index in [1.165, 1.54) is 38.5 Å². The van der Waals surface area contributed by atoms with Crippen molar-refractivity contribution < 1.29 is 19.1 Å². The van der Waals surface area contributed by atoms with Gasteiger partial charge in [0, 0.05) is 0 Å². The summed E-state index contributed by atoms with van der Waals surface area (Å²) in [6.07, 6.45) is 13.1. The Hall–Kier alpha value is -1.26. The topological polar surface area (TPSA) is 64.6 Å². The molecule has 5 nitrogen and oxygen atoms in total. The monoisotopic (exact) mass is 355 g/mol. The summed E-state index contributed by atoms with van der Waals surface area (Å²) < 4.78 is 10.4. The normalized spacial score (nSPS) is 16.2. The van der Waals surface area contributed by atoms with Crippen LogP contribution in [0.1, 0.15) is 90.9 Å². The molecule has 1 aliphatic rings. The number of ether oxygens (including phenoxy) is 2. The molecule has 0 heterocycles. The molecule has 5 heteroatoms. The van der Waals surface area contributed by atoms with Crippen molar-refractivity contribution in [3.63, 3.8) is 0 Å². The molecule has 0 spiro atoms. The van der Waals surface area contributed by atoms with Gasteiger partial charge in [0.15, 0.2) is 0 Å². The molecular formula is C20H37NO4. The van der Waals surface area contributed by atoms with Crippen LogP contribution in [0.15, 0.2) is 0 Å². The van der Waals surface area contributed by atoms with Gasteiger partial charge in [0.25, 0.3) is 0 Å². The van der Waals surface area contributed by atoms with Crippen molar-refractivity contribution in [1.82, 2.24) is 5.32 Å². The van der Waals surface area contributed by atoms with Crippen LogP contribution in [0.5, 0.6) is 0 Å². The van der Waals surface area contributed by atoms with Gasteiger partial charge in [-0.25, -0.2) is 9.59 Å². The van der Waals surface area contributed by atoms with Crippen molar-refractivity contribution in [2.24, 2.45) is 5.92 Å². The van der Waals surface area contributed by atoms with E-state index in [0.717, 1.165) is 38.5 Å². The number of nitrogens with one attached hydrogen (secondary N) is 1. The SMILES string of the molecule is CCCCCCCCCOC(=O)C(NC(=O)OCC)C1CCCCC1. The Morgan fingerprint density at radius 1 is 0.920 bits per heavy atom. The second kappa shape index (κ2) is 14.0. The summed E-state index contributed by atoms with van der Waals surface area (Å²) in [5.74, 6) is -0.134. The van der Waals surface area contributed by atoms with E-state index in [-0.39, 0.29) is 11.9 Å². The number of hydrogen-bond acceptors (Lipinski definition) is 4. The fraction of sp³-hybridized carbons (Fsp3) is 0.900. The zero-order valence-electron chi connectivity index (χ0n) is 16.2. The molecule has 1 rings (SSSR count). The fourth-order valence-electron chi connectivity index (χ4n) is 3.46. The minimum absolute atomic E-state index is 0.166. The Morgan fingerprint density at radius 3 is 2.20 bits per heavy atom. The minimum Gasteiger partial charge on any atom is -0.464 e. The van der Waals surface area contributed by atoms with Gasteiger partial charge in [-0.2, -0.15) is 0 Å². The number of alkyl carbamates (subject to hydrolysis) is 1. The van der Waals surface area contributed by atoms with Crippen LogP contribution >= 0.6 is 0 Å². The first-order chi connectivity index (χ1) is 12.2. The Morgan fingerprint density at radius 2 is 1.56 bits per heavy atom. The van der Waals surface area contributed by atoms with E-state index in [9.17, 15) is 9.59 Å². The highest BCUT2D eigenvalue weighted by molar-refractivity contribution is 5.81. The molecule has 1 unspecified atom stereocenters. The first-order valence-corrected chi connectivity index (χ1v) is 10.3. The lowest BCUT2D eigenvalue weighted by Gasteiger charge is -2.29. The maximum atomic E-state index is 12.5. The van der Waals surface area contributed by atoms with Crippen LogP contribution in [0, 0.1) is 5.92 Å². The third kappa shape index (κ3) is 9.71. The highest BCUT2D eigenvalue weighted by Gasteiger charge is 2.32. The van der Waals surface area contributed by atoms with Crippen LogP contribution in [-0.4, -0.2) is 31.3 Å². The molecule has 0 aliphatic heterocycles. The smallest absolute Gasteiger partial charge is 0.407 e. The number of unbranched alkanes of at least 4 members (excludes halogenated alkanes) is 6. The molecule has 1 atom stereocenters. The summed E-state index contributed by atoms with van der Waals surface area (Å²) in [4.78, 5) is 24.2. The predicted octanol–water partition coefficient (Wildman–Crippen LogP) is 4.98. The molecule has 0 aromatic carbocycles. The first-order valence-electron chi connectivity index (χ1n) is 10.3. The van der Waals surface area contributed by atoms with Gasteiger partial charge in [-0.05, 0) is 32.1 Å². The lowest BCUT2D eigenvalue weighted by molar-refractivity contribution is -0.148. The third-order valence-electron chi connectivity index (χ3n) is 4.92. The molecule has 1 aliphatic carbocycles. The number of rotatable bonds is 12. The van der Waals surface area contributed by atoms with Gasteiger partial charge >= 0.3 is 12.1 Å². The quantitative estimate of drug-likeness (QED) is 0.396. The zero-order valence-corrected chi connectivity index (χ0v) is 16.2. The summed E-state index contributed by atoms with van der Waals surface area (Å²) in [6, 6.07) is -0.566. The molecule has 0 saturated heterocycles. The van der Waals surface area contributed by atoms with Crippen LogP contribution in [0.2, 0.25) is 0 Å². The van der Waals surface area contributed by atoms with Crippen molar-refractivity contribution in [2.75, 3.05) is 13.2 Å². The van der Waals surface area contributed by atoms with Crippen LogP contribution in [0.4, 0.5) is 4.79 Å². The standard InChI is InChI=1S/C20H37NO4/c1-3-5-6-7-8-9-13-16-25-19(22)18(21-20(23)24-4-2)17-14-11-10-12-15-17/h17-18H,3-16H2,1-2H3,(H,21,23). The van der Waals surface area contributed by atoms with E-state index >= 15 is 0 Å². The summed E-state index contributed by atoms with van der Waals surface area (Å²) in [5.41, 5.74) is 0. The molecule has 0 aromatic rings. The van der Waals surface area contributed by atoms with Crippen LogP contribution in [-0.2, 0) is 14.3 Å². The predicted molar refractivity (Wildman–Crippen MR) is 99.5 cm³/mol. The van der Waals surface area contributed by atoms with Gasteiger partial charge in [0.05, 0.1) is 13.2 Å². The van der Waals surface area contributed by atoms with Crippen molar-refractivity contribution in [3.8, 4) is 0 Å². The highest BCUT2D eigenvalue weighted by Crippen LogP contribution is 2.27. The Balaban J connectivity index is 2.32. The summed E-state index contributed by atoms with van der Waals surface area (Å²) in [6.45, 7) is 4.72. The van der Waals surface area contributed by atoms with E-state index in [1.54, 1.807) is 6.92 Å². The number of hydrogen-bond donors (Lipinski definition) is 1. The second-order valence-electron chi connectivity index (χ2n) is 7.03.